The topological polar surface area (TPSA) is 73.9 Å². The van der Waals surface area contributed by atoms with Gasteiger partial charge in [-0.15, -0.1) is 0 Å². The Labute approximate surface area is 148 Å². The van der Waals surface area contributed by atoms with Crippen LogP contribution in [0.3, 0.4) is 0 Å². The lowest BCUT2D eigenvalue weighted by atomic mass is 10.1. The fourth-order valence-electron chi connectivity index (χ4n) is 2.43. The van der Waals surface area contributed by atoms with Gasteiger partial charge in [-0.1, -0.05) is 32.0 Å². The van der Waals surface area contributed by atoms with E-state index in [-0.39, 0.29) is 5.91 Å². The van der Waals surface area contributed by atoms with Gasteiger partial charge in [0.25, 0.3) is 0 Å². The van der Waals surface area contributed by atoms with Gasteiger partial charge in [-0.3, -0.25) is 9.48 Å². The summed E-state index contributed by atoms with van der Waals surface area (Å²) in [6, 6.07) is 9.25. The first-order valence-electron chi connectivity index (χ1n) is 8.39. The van der Waals surface area contributed by atoms with E-state index in [0.717, 1.165) is 31.7 Å². The van der Waals surface area contributed by atoms with E-state index in [9.17, 15) is 4.79 Å². The van der Waals surface area contributed by atoms with E-state index in [4.69, 9.17) is 5.26 Å². The number of likely N-dealkylation sites (N-methyl/N-ethyl adjacent to an activating group) is 1. The molecular weight excluding hydrogens is 314 g/mol. The summed E-state index contributed by atoms with van der Waals surface area (Å²) in [5.74, 6) is -0.254. The number of aromatic nitrogens is 2. The second-order valence-corrected chi connectivity index (χ2v) is 5.54. The third kappa shape index (κ3) is 5.59. The fourth-order valence-corrected chi connectivity index (χ4v) is 2.43. The number of hydrogen-bond donors (Lipinski definition) is 1. The predicted molar refractivity (Wildman–Crippen MR) is 98.8 cm³/mol. The highest BCUT2D eigenvalue weighted by molar-refractivity contribution is 6.01. The molecule has 0 aliphatic rings. The second-order valence-electron chi connectivity index (χ2n) is 5.54. The molecule has 0 bridgehead atoms. The molecule has 1 heterocycles. The van der Waals surface area contributed by atoms with Crippen molar-refractivity contribution in [1.82, 2.24) is 14.7 Å². The van der Waals surface area contributed by atoms with Gasteiger partial charge >= 0.3 is 0 Å². The van der Waals surface area contributed by atoms with Crippen molar-refractivity contribution in [3.05, 3.63) is 53.9 Å². The van der Waals surface area contributed by atoms with Crippen LogP contribution in [-0.4, -0.2) is 40.2 Å². The third-order valence-corrected chi connectivity index (χ3v) is 3.94. The van der Waals surface area contributed by atoms with Gasteiger partial charge in [-0.2, -0.15) is 10.4 Å². The van der Waals surface area contributed by atoms with Crippen molar-refractivity contribution in [1.29, 1.82) is 5.26 Å². The van der Waals surface area contributed by atoms with E-state index < -0.39 is 0 Å². The molecule has 0 aliphatic carbocycles. The molecule has 1 aromatic heterocycles. The van der Waals surface area contributed by atoms with Gasteiger partial charge in [0.2, 0.25) is 5.91 Å². The first-order chi connectivity index (χ1) is 12.2. The van der Waals surface area contributed by atoms with Crippen LogP contribution in [0.15, 0.2) is 42.7 Å². The van der Waals surface area contributed by atoms with Crippen LogP contribution in [0.4, 0.5) is 5.69 Å². The minimum absolute atomic E-state index is 0.254. The Kier molecular flexibility index (Phi) is 6.93. The number of hydrogen-bond acceptors (Lipinski definition) is 4. The molecule has 1 N–H and O–H groups in total. The van der Waals surface area contributed by atoms with Crippen molar-refractivity contribution in [2.75, 3.05) is 25.0 Å². The lowest BCUT2D eigenvalue weighted by Gasteiger charge is -2.17. The number of benzene rings is 1. The molecule has 0 spiro atoms. The summed E-state index contributed by atoms with van der Waals surface area (Å²) in [7, 11) is 0. The molecule has 0 unspecified atom stereocenters. The molecular formula is C19H23N5O. The van der Waals surface area contributed by atoms with E-state index in [2.05, 4.69) is 35.2 Å². The lowest BCUT2D eigenvalue weighted by Crippen LogP contribution is -2.27. The summed E-state index contributed by atoms with van der Waals surface area (Å²) in [5, 5.41) is 16.1. The van der Waals surface area contributed by atoms with Crippen molar-refractivity contribution in [3.63, 3.8) is 0 Å². The molecule has 0 aliphatic heterocycles. The summed E-state index contributed by atoms with van der Waals surface area (Å²) in [5.41, 5.74) is 1.91. The molecule has 2 aromatic rings. The zero-order valence-electron chi connectivity index (χ0n) is 14.6. The minimum Gasteiger partial charge on any atom is -0.320 e. The highest BCUT2D eigenvalue weighted by atomic mass is 16.1. The smallest absolute Gasteiger partial charge is 0.248 e. The quantitative estimate of drug-likeness (QED) is 0.752. The Balaban J connectivity index is 1.91. The van der Waals surface area contributed by atoms with Crippen LogP contribution in [0.25, 0.3) is 6.08 Å². The Bertz CT molecular complexity index is 768. The molecule has 6 heteroatoms. The van der Waals surface area contributed by atoms with Gasteiger partial charge in [0, 0.05) is 18.8 Å². The van der Waals surface area contributed by atoms with E-state index >= 15 is 0 Å². The van der Waals surface area contributed by atoms with Gasteiger partial charge in [0.05, 0.1) is 30.1 Å². The van der Waals surface area contributed by atoms with Crippen molar-refractivity contribution < 1.29 is 4.79 Å². The van der Waals surface area contributed by atoms with Crippen molar-refractivity contribution >= 4 is 17.7 Å². The average molecular weight is 337 g/mol. The zero-order valence-corrected chi connectivity index (χ0v) is 14.6. The van der Waals surface area contributed by atoms with Crippen molar-refractivity contribution in [2.24, 2.45) is 0 Å². The van der Waals surface area contributed by atoms with E-state index in [1.807, 2.05) is 16.9 Å². The highest BCUT2D eigenvalue weighted by Gasteiger charge is 2.04. The number of anilines is 1. The number of amides is 1. The molecule has 6 nitrogen and oxygen atoms in total. The van der Waals surface area contributed by atoms with Crippen LogP contribution in [0.2, 0.25) is 0 Å². The molecule has 0 radical (unpaired) electrons. The Morgan fingerprint density at radius 3 is 2.84 bits per heavy atom. The third-order valence-electron chi connectivity index (χ3n) is 3.94. The maximum atomic E-state index is 12.0. The van der Waals surface area contributed by atoms with Crippen LogP contribution in [0, 0.1) is 11.3 Å². The number of carbonyl (C=O) groups is 1. The van der Waals surface area contributed by atoms with E-state index in [1.54, 1.807) is 30.5 Å². The number of nitrogens with one attached hydrogen (secondary N) is 1. The maximum Gasteiger partial charge on any atom is 0.248 e. The van der Waals surface area contributed by atoms with Crippen LogP contribution < -0.4 is 5.32 Å². The molecule has 25 heavy (non-hydrogen) atoms. The maximum absolute atomic E-state index is 12.0. The largest absolute Gasteiger partial charge is 0.320 e. The van der Waals surface area contributed by atoms with Gasteiger partial charge < -0.3 is 10.2 Å². The van der Waals surface area contributed by atoms with Gasteiger partial charge in [-0.25, -0.2) is 0 Å². The van der Waals surface area contributed by atoms with E-state index in [0.29, 0.717) is 11.3 Å². The number of nitriles is 1. The molecule has 130 valence electrons. The number of rotatable bonds is 8. The molecule has 2 rings (SSSR count). The minimum atomic E-state index is -0.254. The molecule has 1 amide bonds. The normalized spacial score (nSPS) is 11.0. The Morgan fingerprint density at radius 1 is 1.36 bits per heavy atom. The summed E-state index contributed by atoms with van der Waals surface area (Å²) >= 11 is 0. The summed E-state index contributed by atoms with van der Waals surface area (Å²) < 4.78 is 1.82. The summed E-state index contributed by atoms with van der Waals surface area (Å²) in [6.45, 7) is 7.99. The average Bonchev–Trinajstić information content (AvgIpc) is 3.08. The summed E-state index contributed by atoms with van der Waals surface area (Å²) in [4.78, 5) is 14.3. The first kappa shape index (κ1) is 18.4. The number of nitrogens with zero attached hydrogens (tertiary/aromatic N) is 4. The van der Waals surface area contributed by atoms with Crippen LogP contribution >= 0.6 is 0 Å². The Hall–Kier alpha value is -2.91. The first-order valence-corrected chi connectivity index (χ1v) is 8.39. The van der Waals surface area contributed by atoms with Crippen molar-refractivity contribution in [2.45, 2.75) is 20.4 Å². The van der Waals surface area contributed by atoms with Crippen LogP contribution in [0.5, 0.6) is 0 Å². The standard InChI is InChI=1S/C19H23N5O/c1-3-23(4-2)11-12-24-15-18(14-21-24)22-19(25)10-9-16-7-5-6-8-17(16)13-20/h5-10,14-15H,3-4,11-12H2,1-2H3,(H,22,25). The van der Waals surface area contributed by atoms with Crippen LogP contribution in [0.1, 0.15) is 25.0 Å². The molecule has 0 saturated carbocycles. The van der Waals surface area contributed by atoms with Gasteiger partial charge in [0.15, 0.2) is 0 Å². The van der Waals surface area contributed by atoms with Gasteiger partial charge in [0.1, 0.15) is 0 Å². The van der Waals surface area contributed by atoms with E-state index in [1.165, 1.54) is 6.08 Å². The lowest BCUT2D eigenvalue weighted by molar-refractivity contribution is -0.111. The van der Waals surface area contributed by atoms with Crippen LogP contribution in [-0.2, 0) is 11.3 Å². The summed E-state index contributed by atoms with van der Waals surface area (Å²) in [6.07, 6.45) is 6.51. The molecule has 0 atom stereocenters. The fraction of sp³-hybridized carbons (Fsp3) is 0.316. The van der Waals surface area contributed by atoms with Gasteiger partial charge in [-0.05, 0) is 30.8 Å². The molecule has 0 fully saturated rings. The Morgan fingerprint density at radius 2 is 2.12 bits per heavy atom. The zero-order chi connectivity index (χ0) is 18.1. The van der Waals surface area contributed by atoms with Crippen molar-refractivity contribution in [3.8, 4) is 6.07 Å². The SMILES string of the molecule is CCN(CC)CCn1cc(NC(=O)C=Cc2ccccc2C#N)cn1. The predicted octanol–water partition coefficient (Wildman–Crippen LogP) is 2.75. The highest BCUT2D eigenvalue weighted by Crippen LogP contribution is 2.10. The molecule has 0 saturated heterocycles. The second kappa shape index (κ2) is 9.40. The monoisotopic (exact) mass is 337 g/mol. The number of carbonyl (C=O) groups excluding carboxylic acids is 1. The molecule has 1 aromatic carbocycles.